The number of hydrogen-bond acceptors (Lipinski definition) is 2. The van der Waals surface area contributed by atoms with E-state index in [2.05, 4.69) is 61.9 Å². The van der Waals surface area contributed by atoms with Crippen LogP contribution in [0.2, 0.25) is 0 Å². The first-order valence-corrected chi connectivity index (χ1v) is 13.4. The van der Waals surface area contributed by atoms with Crippen molar-refractivity contribution in [1.29, 1.82) is 0 Å². The summed E-state index contributed by atoms with van der Waals surface area (Å²) in [6.45, 7) is 0. The van der Waals surface area contributed by atoms with Gasteiger partial charge in [-0.05, 0) is 70.2 Å². The summed E-state index contributed by atoms with van der Waals surface area (Å²) < 4.78 is 8.63. The van der Waals surface area contributed by atoms with Crippen LogP contribution in [-0.2, 0) is 0 Å². The fraction of sp³-hybridized carbons (Fsp3) is 0.600. The molecule has 0 radical (unpaired) electrons. The maximum absolute atomic E-state index is 2.73. The summed E-state index contributed by atoms with van der Waals surface area (Å²) in [7, 11) is 0. The first kappa shape index (κ1) is 19.0. The van der Waals surface area contributed by atoms with Gasteiger partial charge in [0.15, 0.2) is 0 Å². The molecule has 3 aromatic heterocycles. The number of nitrogens with zero attached hydrogens (tertiary/aromatic N) is 1. The van der Waals surface area contributed by atoms with Crippen LogP contribution in [0.25, 0.3) is 20.4 Å². The molecule has 0 N–H and O–H groups in total. The van der Waals surface area contributed by atoms with Gasteiger partial charge in [0.25, 0.3) is 0 Å². The lowest BCUT2D eigenvalue weighted by atomic mass is 9.97. The third-order valence-corrected chi connectivity index (χ3v) is 9.46. The molecule has 4 rings (SSSR count). The lowest BCUT2D eigenvalue weighted by Gasteiger charge is -2.21. The van der Waals surface area contributed by atoms with Crippen LogP contribution >= 0.6 is 67.9 Å². The van der Waals surface area contributed by atoms with E-state index < -0.39 is 0 Å². The first-order chi connectivity index (χ1) is 12.2. The molecule has 5 heteroatoms. The van der Waals surface area contributed by atoms with Gasteiger partial charge in [-0.1, -0.05) is 57.8 Å². The Balaban J connectivity index is 1.70. The van der Waals surface area contributed by atoms with E-state index in [1.54, 1.807) is 0 Å². The zero-order valence-corrected chi connectivity index (χ0v) is 20.5. The Bertz CT molecular complexity index is 779. The highest BCUT2D eigenvalue weighted by atomic mass is 127. The van der Waals surface area contributed by atoms with E-state index in [1.165, 1.54) is 96.8 Å². The molecule has 3 aromatic rings. The second-order valence-electron chi connectivity index (χ2n) is 7.31. The quantitative estimate of drug-likeness (QED) is 0.247. The fourth-order valence-electron chi connectivity index (χ4n) is 4.31. The van der Waals surface area contributed by atoms with E-state index >= 15 is 0 Å². The molecule has 0 unspecified atom stereocenters. The molecule has 0 bridgehead atoms. The summed E-state index contributed by atoms with van der Waals surface area (Å²) >= 11 is 8.95. The van der Waals surface area contributed by atoms with Gasteiger partial charge in [0.2, 0.25) is 0 Å². The number of rotatable bonds is 1. The average molecular weight is 597 g/mol. The van der Waals surface area contributed by atoms with Crippen molar-refractivity contribution in [2.45, 2.75) is 76.7 Å². The summed E-state index contributed by atoms with van der Waals surface area (Å²) in [5.74, 6) is 0. The van der Waals surface area contributed by atoms with Crippen LogP contribution in [0.1, 0.15) is 76.7 Å². The van der Waals surface area contributed by atoms with Gasteiger partial charge in [0.05, 0.1) is 26.2 Å². The molecule has 1 fully saturated rings. The maximum Gasteiger partial charge on any atom is 0.0712 e. The Morgan fingerprint density at radius 3 is 1.52 bits per heavy atom. The zero-order valence-electron chi connectivity index (χ0n) is 14.5. The molecule has 25 heavy (non-hydrogen) atoms. The van der Waals surface area contributed by atoms with Gasteiger partial charge in [0.1, 0.15) is 0 Å². The number of hydrogen-bond donors (Lipinski definition) is 0. The van der Waals surface area contributed by atoms with Crippen molar-refractivity contribution in [2.75, 3.05) is 0 Å². The third kappa shape index (κ3) is 4.24. The van der Waals surface area contributed by atoms with Crippen LogP contribution in [0.3, 0.4) is 0 Å². The molecule has 0 aliphatic heterocycles. The highest BCUT2D eigenvalue weighted by Crippen LogP contribution is 2.44. The predicted octanol–water partition coefficient (Wildman–Crippen LogP) is 8.97. The number of thiophene rings is 2. The lowest BCUT2D eigenvalue weighted by Crippen LogP contribution is -2.09. The summed E-state index contributed by atoms with van der Waals surface area (Å²) in [6, 6.07) is 5.54. The Kier molecular flexibility index (Phi) is 6.67. The van der Waals surface area contributed by atoms with E-state index in [1.807, 2.05) is 22.7 Å². The largest absolute Gasteiger partial charge is 0.336 e. The van der Waals surface area contributed by atoms with Crippen LogP contribution in [0.4, 0.5) is 0 Å². The van der Waals surface area contributed by atoms with Crippen LogP contribution in [0.5, 0.6) is 0 Å². The molecule has 0 aromatic carbocycles. The Morgan fingerprint density at radius 1 is 0.680 bits per heavy atom. The standard InChI is InChI=1S/C20H25I2NS2/c21-17-12-15-19(24-17)20-16(13-18(22)25-20)23(15)14-10-8-6-4-2-1-3-5-7-9-11-14/h12-14H,1-11H2. The van der Waals surface area contributed by atoms with Crippen molar-refractivity contribution in [1.82, 2.24) is 4.57 Å². The van der Waals surface area contributed by atoms with Crippen molar-refractivity contribution in [2.24, 2.45) is 0 Å². The van der Waals surface area contributed by atoms with Crippen LogP contribution in [0.15, 0.2) is 12.1 Å². The van der Waals surface area contributed by atoms with E-state index in [4.69, 9.17) is 0 Å². The van der Waals surface area contributed by atoms with Crippen LogP contribution < -0.4 is 0 Å². The molecule has 1 aliphatic rings. The second-order valence-corrected chi connectivity index (χ2v) is 13.2. The molecule has 0 spiro atoms. The zero-order chi connectivity index (χ0) is 17.2. The van der Waals surface area contributed by atoms with Gasteiger partial charge < -0.3 is 4.57 Å². The second kappa shape index (κ2) is 8.78. The van der Waals surface area contributed by atoms with E-state index in [9.17, 15) is 0 Å². The molecule has 0 amide bonds. The molecule has 1 nitrogen and oxygen atoms in total. The normalized spacial score (nSPS) is 19.3. The first-order valence-electron chi connectivity index (χ1n) is 9.62. The van der Waals surface area contributed by atoms with Gasteiger partial charge in [-0.25, -0.2) is 0 Å². The van der Waals surface area contributed by atoms with Crippen molar-refractivity contribution in [3.8, 4) is 0 Å². The summed E-state index contributed by atoms with van der Waals surface area (Å²) in [5.41, 5.74) is 3.01. The minimum Gasteiger partial charge on any atom is -0.336 e. The summed E-state index contributed by atoms with van der Waals surface area (Å²) in [5, 5.41) is 0. The predicted molar refractivity (Wildman–Crippen MR) is 130 cm³/mol. The minimum absolute atomic E-state index is 0.690. The van der Waals surface area contributed by atoms with Crippen LogP contribution in [0, 0.1) is 5.77 Å². The molecular formula is C20H25I2NS2. The molecule has 0 atom stereocenters. The van der Waals surface area contributed by atoms with Crippen LogP contribution in [-0.4, -0.2) is 4.57 Å². The maximum atomic E-state index is 2.73. The molecule has 1 saturated carbocycles. The smallest absolute Gasteiger partial charge is 0.0712 e. The number of fused-ring (bicyclic) bond motifs is 3. The molecule has 1 aliphatic carbocycles. The highest BCUT2D eigenvalue weighted by Gasteiger charge is 2.22. The minimum atomic E-state index is 0.690. The number of halogens is 2. The van der Waals surface area contributed by atoms with Gasteiger partial charge in [-0.15, -0.1) is 22.7 Å². The summed E-state index contributed by atoms with van der Waals surface area (Å²) in [6.07, 6.45) is 15.6. The monoisotopic (exact) mass is 597 g/mol. The van der Waals surface area contributed by atoms with Crippen molar-refractivity contribution in [3.05, 3.63) is 17.9 Å². The third-order valence-electron chi connectivity index (χ3n) is 5.53. The molecule has 136 valence electrons. The van der Waals surface area contributed by atoms with Gasteiger partial charge in [0, 0.05) is 6.04 Å². The summed E-state index contributed by atoms with van der Waals surface area (Å²) in [4.78, 5) is 0. The molecule has 0 saturated heterocycles. The van der Waals surface area contributed by atoms with E-state index in [0.29, 0.717) is 6.04 Å². The molecular weight excluding hydrogens is 572 g/mol. The van der Waals surface area contributed by atoms with Gasteiger partial charge in [-0.3, -0.25) is 0 Å². The van der Waals surface area contributed by atoms with Gasteiger partial charge >= 0.3 is 0 Å². The Morgan fingerprint density at radius 2 is 1.08 bits per heavy atom. The average Bonchev–Trinajstić information content (AvgIpc) is 3.19. The van der Waals surface area contributed by atoms with E-state index in [-0.39, 0.29) is 0 Å². The molecule has 3 heterocycles. The fourth-order valence-corrected chi connectivity index (χ4v) is 8.12. The van der Waals surface area contributed by atoms with Crippen molar-refractivity contribution < 1.29 is 0 Å². The van der Waals surface area contributed by atoms with Gasteiger partial charge in [-0.2, -0.15) is 0 Å². The highest BCUT2D eigenvalue weighted by molar-refractivity contribution is 14.1. The number of aromatic nitrogens is 1. The SMILES string of the molecule is Ic1cc2c(s1)c1sc(I)cc1n2C1CCCCCCCCCCC1. The van der Waals surface area contributed by atoms with Crippen molar-refractivity contribution >= 4 is 88.3 Å². The Hall–Kier alpha value is 0.660. The topological polar surface area (TPSA) is 4.93 Å². The Labute approximate surface area is 185 Å². The lowest BCUT2D eigenvalue weighted by molar-refractivity contribution is 0.401. The van der Waals surface area contributed by atoms with E-state index in [0.717, 1.165) is 0 Å². The van der Waals surface area contributed by atoms with Crippen molar-refractivity contribution in [3.63, 3.8) is 0 Å².